The van der Waals surface area contributed by atoms with Crippen LogP contribution in [0.2, 0.25) is 0 Å². The van der Waals surface area contributed by atoms with Crippen molar-refractivity contribution in [3.8, 4) is 17.3 Å². The van der Waals surface area contributed by atoms with Crippen molar-refractivity contribution in [1.29, 1.82) is 0 Å². The van der Waals surface area contributed by atoms with Gasteiger partial charge in [0.25, 0.3) is 5.91 Å². The van der Waals surface area contributed by atoms with E-state index < -0.39 is 5.95 Å². The van der Waals surface area contributed by atoms with Crippen molar-refractivity contribution < 1.29 is 13.9 Å². The Morgan fingerprint density at radius 3 is 2.68 bits per heavy atom. The van der Waals surface area contributed by atoms with Gasteiger partial charge in [0.2, 0.25) is 5.95 Å². The van der Waals surface area contributed by atoms with Gasteiger partial charge in [0.1, 0.15) is 11.4 Å². The molecule has 0 radical (unpaired) electrons. The van der Waals surface area contributed by atoms with Gasteiger partial charge in [0.05, 0.1) is 23.7 Å². The molecule has 0 saturated heterocycles. The molecular formula is C21H17FN4O2. The lowest BCUT2D eigenvalue weighted by Crippen LogP contribution is -2.13. The average Bonchev–Trinajstić information content (AvgIpc) is 3.04. The van der Waals surface area contributed by atoms with Crippen molar-refractivity contribution in [3.05, 3.63) is 72.2 Å². The molecule has 0 aliphatic carbocycles. The monoisotopic (exact) mass is 376 g/mol. The normalized spacial score (nSPS) is 10.8. The number of anilines is 1. The van der Waals surface area contributed by atoms with Crippen LogP contribution in [0.3, 0.4) is 0 Å². The maximum Gasteiger partial charge on any atom is 0.259 e. The second-order valence-electron chi connectivity index (χ2n) is 6.20. The fourth-order valence-corrected chi connectivity index (χ4v) is 3.06. The molecule has 0 atom stereocenters. The second-order valence-corrected chi connectivity index (χ2v) is 6.20. The number of nitrogens with zero attached hydrogens (tertiary/aromatic N) is 3. The first-order valence-corrected chi connectivity index (χ1v) is 8.60. The Kier molecular flexibility index (Phi) is 4.49. The number of carbonyl (C=O) groups is 1. The van der Waals surface area contributed by atoms with E-state index in [4.69, 9.17) is 4.74 Å². The Hall–Kier alpha value is -3.74. The van der Waals surface area contributed by atoms with Crippen molar-refractivity contribution in [3.63, 3.8) is 0 Å². The summed E-state index contributed by atoms with van der Waals surface area (Å²) in [6.45, 7) is 0. The number of fused-ring (bicyclic) bond motifs is 1. The summed E-state index contributed by atoms with van der Waals surface area (Å²) in [5, 5.41) is 2.87. The molecule has 0 aliphatic heterocycles. The minimum atomic E-state index is -0.561. The molecule has 28 heavy (non-hydrogen) atoms. The highest BCUT2D eigenvalue weighted by atomic mass is 19.1. The summed E-state index contributed by atoms with van der Waals surface area (Å²) in [5.74, 6) is 0.212. The maximum atomic E-state index is 13.5. The molecule has 2 aromatic heterocycles. The third-order valence-corrected chi connectivity index (χ3v) is 4.43. The Bertz CT molecular complexity index is 1190. The van der Waals surface area contributed by atoms with Crippen LogP contribution in [-0.4, -0.2) is 27.6 Å². The van der Waals surface area contributed by atoms with Gasteiger partial charge in [-0.05, 0) is 42.5 Å². The Morgan fingerprint density at radius 1 is 1.07 bits per heavy atom. The Labute approximate surface area is 160 Å². The van der Waals surface area contributed by atoms with Crippen molar-refractivity contribution in [1.82, 2.24) is 14.5 Å². The number of para-hydroxylation sites is 1. The van der Waals surface area contributed by atoms with Crippen LogP contribution < -0.4 is 10.1 Å². The van der Waals surface area contributed by atoms with E-state index in [-0.39, 0.29) is 5.91 Å². The molecule has 2 heterocycles. The number of nitrogens with one attached hydrogen (secondary N) is 1. The SMILES string of the molecule is COc1ccccc1C(=O)Nc1ccc2nc(-c3cccc(F)n3)n(C)c2c1. The molecule has 2 aromatic carbocycles. The highest BCUT2D eigenvalue weighted by Crippen LogP contribution is 2.26. The zero-order valence-corrected chi connectivity index (χ0v) is 15.3. The van der Waals surface area contributed by atoms with Gasteiger partial charge in [-0.2, -0.15) is 4.39 Å². The number of hydrogen-bond donors (Lipinski definition) is 1. The first kappa shape index (κ1) is 17.7. The number of halogens is 1. The average molecular weight is 376 g/mol. The topological polar surface area (TPSA) is 69.0 Å². The van der Waals surface area contributed by atoms with Crippen LogP contribution in [-0.2, 0) is 7.05 Å². The Morgan fingerprint density at radius 2 is 1.89 bits per heavy atom. The van der Waals surface area contributed by atoms with Gasteiger partial charge < -0.3 is 14.6 Å². The summed E-state index contributed by atoms with van der Waals surface area (Å²) in [7, 11) is 3.35. The molecule has 0 saturated carbocycles. The van der Waals surface area contributed by atoms with Crippen LogP contribution in [0.1, 0.15) is 10.4 Å². The summed E-state index contributed by atoms with van der Waals surface area (Å²) < 4.78 is 20.5. The second kappa shape index (κ2) is 7.11. The van der Waals surface area contributed by atoms with E-state index in [2.05, 4.69) is 15.3 Å². The van der Waals surface area contributed by atoms with Crippen LogP contribution in [0.4, 0.5) is 10.1 Å². The van der Waals surface area contributed by atoms with E-state index >= 15 is 0 Å². The summed E-state index contributed by atoms with van der Waals surface area (Å²) in [6, 6.07) is 17.0. The van der Waals surface area contributed by atoms with E-state index in [0.29, 0.717) is 28.5 Å². The van der Waals surface area contributed by atoms with E-state index in [1.54, 1.807) is 48.5 Å². The van der Waals surface area contributed by atoms with Crippen LogP contribution in [0.5, 0.6) is 5.75 Å². The standard InChI is InChI=1S/C21H17FN4O2/c1-26-17-12-13(23-21(27)14-6-3-4-8-18(14)28-2)10-11-15(17)25-20(26)16-7-5-9-19(22)24-16/h3-12H,1-2H3,(H,23,27). The highest BCUT2D eigenvalue weighted by Gasteiger charge is 2.15. The number of rotatable bonds is 4. The van der Waals surface area contributed by atoms with Gasteiger partial charge in [0, 0.05) is 12.7 Å². The van der Waals surface area contributed by atoms with Gasteiger partial charge in [-0.1, -0.05) is 18.2 Å². The third kappa shape index (κ3) is 3.18. The predicted molar refractivity (Wildman–Crippen MR) is 105 cm³/mol. The zero-order valence-electron chi connectivity index (χ0n) is 15.3. The number of aromatic nitrogens is 3. The minimum Gasteiger partial charge on any atom is -0.496 e. The van der Waals surface area contributed by atoms with Crippen molar-refractivity contribution in [2.24, 2.45) is 7.05 Å². The van der Waals surface area contributed by atoms with Crippen LogP contribution >= 0.6 is 0 Å². The first-order valence-electron chi connectivity index (χ1n) is 8.60. The number of aryl methyl sites for hydroxylation is 1. The molecule has 7 heteroatoms. The molecular weight excluding hydrogens is 359 g/mol. The van der Waals surface area contributed by atoms with Gasteiger partial charge in [-0.15, -0.1) is 0 Å². The Balaban J connectivity index is 1.68. The highest BCUT2D eigenvalue weighted by molar-refractivity contribution is 6.06. The number of methoxy groups -OCH3 is 1. The molecule has 0 bridgehead atoms. The minimum absolute atomic E-state index is 0.272. The number of imidazole rings is 1. The van der Waals surface area contributed by atoms with Gasteiger partial charge in [-0.25, -0.2) is 9.97 Å². The lowest BCUT2D eigenvalue weighted by molar-refractivity contribution is 0.102. The number of amides is 1. The number of benzene rings is 2. The quantitative estimate of drug-likeness (QED) is 0.546. The third-order valence-electron chi connectivity index (χ3n) is 4.43. The lowest BCUT2D eigenvalue weighted by Gasteiger charge is -2.09. The summed E-state index contributed by atoms with van der Waals surface area (Å²) >= 11 is 0. The van der Waals surface area contributed by atoms with E-state index in [1.165, 1.54) is 13.2 Å². The largest absolute Gasteiger partial charge is 0.496 e. The summed E-state index contributed by atoms with van der Waals surface area (Å²) in [6.07, 6.45) is 0. The number of ether oxygens (including phenoxy) is 1. The molecule has 6 nitrogen and oxygen atoms in total. The smallest absolute Gasteiger partial charge is 0.259 e. The van der Waals surface area contributed by atoms with Crippen LogP contribution in [0.15, 0.2) is 60.7 Å². The summed E-state index contributed by atoms with van der Waals surface area (Å²) in [4.78, 5) is 21.0. The molecule has 0 aliphatic rings. The van der Waals surface area contributed by atoms with Crippen molar-refractivity contribution >= 4 is 22.6 Å². The van der Waals surface area contributed by atoms with Gasteiger partial charge in [0.15, 0.2) is 5.82 Å². The molecule has 1 N–H and O–H groups in total. The van der Waals surface area contributed by atoms with Crippen molar-refractivity contribution in [2.45, 2.75) is 0 Å². The molecule has 4 rings (SSSR count). The first-order chi connectivity index (χ1) is 13.6. The van der Waals surface area contributed by atoms with E-state index in [0.717, 1.165) is 11.0 Å². The van der Waals surface area contributed by atoms with E-state index in [1.807, 2.05) is 17.7 Å². The van der Waals surface area contributed by atoms with Crippen LogP contribution in [0, 0.1) is 5.95 Å². The molecule has 4 aromatic rings. The molecule has 0 unspecified atom stereocenters. The fourth-order valence-electron chi connectivity index (χ4n) is 3.06. The van der Waals surface area contributed by atoms with Crippen molar-refractivity contribution in [2.75, 3.05) is 12.4 Å². The van der Waals surface area contributed by atoms with Crippen LogP contribution in [0.25, 0.3) is 22.6 Å². The van der Waals surface area contributed by atoms with E-state index in [9.17, 15) is 9.18 Å². The zero-order chi connectivity index (χ0) is 19.7. The number of carbonyl (C=O) groups excluding carboxylic acids is 1. The number of hydrogen-bond acceptors (Lipinski definition) is 4. The summed E-state index contributed by atoms with van der Waals surface area (Å²) in [5.41, 5.74) is 3.01. The predicted octanol–water partition coefficient (Wildman–Crippen LogP) is 4.04. The van der Waals surface area contributed by atoms with Gasteiger partial charge in [-0.3, -0.25) is 4.79 Å². The molecule has 0 fully saturated rings. The lowest BCUT2D eigenvalue weighted by atomic mass is 10.2. The fraction of sp³-hybridized carbons (Fsp3) is 0.0952. The number of pyridine rings is 1. The van der Waals surface area contributed by atoms with Gasteiger partial charge >= 0.3 is 0 Å². The molecule has 140 valence electrons. The molecule has 0 spiro atoms. The maximum absolute atomic E-state index is 13.5. The molecule has 1 amide bonds.